The summed E-state index contributed by atoms with van der Waals surface area (Å²) in [6.45, 7) is 7.87. The molecule has 3 nitrogen and oxygen atoms in total. The minimum Gasteiger partial charge on any atom is -0.493 e. The molecule has 1 aromatic heterocycles. The zero-order valence-corrected chi connectivity index (χ0v) is 13.2. The van der Waals surface area contributed by atoms with Gasteiger partial charge in [-0.25, -0.2) is 4.98 Å². The third-order valence-electron chi connectivity index (χ3n) is 2.86. The van der Waals surface area contributed by atoms with Crippen LogP contribution in [0.1, 0.15) is 30.1 Å². The Kier molecular flexibility index (Phi) is 5.56. The standard InChI is InChI=1S/C16H22N2OS/c1-12(2)17-10-14-11-20-16(18-14)7-8-19-15-6-4-5-13(3)9-15/h4-6,9,11-12,17H,7-8,10H2,1-3H3. The van der Waals surface area contributed by atoms with Crippen LogP contribution in [-0.2, 0) is 13.0 Å². The van der Waals surface area contributed by atoms with E-state index in [4.69, 9.17) is 4.74 Å². The molecule has 0 atom stereocenters. The van der Waals surface area contributed by atoms with Crippen LogP contribution in [0.5, 0.6) is 5.75 Å². The van der Waals surface area contributed by atoms with E-state index in [1.165, 1.54) is 5.56 Å². The van der Waals surface area contributed by atoms with Crippen molar-refractivity contribution in [1.82, 2.24) is 10.3 Å². The molecule has 0 bridgehead atoms. The number of nitrogens with zero attached hydrogens (tertiary/aromatic N) is 1. The number of ether oxygens (including phenoxy) is 1. The summed E-state index contributed by atoms with van der Waals surface area (Å²) < 4.78 is 5.75. The van der Waals surface area contributed by atoms with E-state index < -0.39 is 0 Å². The minimum absolute atomic E-state index is 0.491. The molecule has 0 fully saturated rings. The highest BCUT2D eigenvalue weighted by Crippen LogP contribution is 2.14. The van der Waals surface area contributed by atoms with Crippen LogP contribution in [0, 0.1) is 6.92 Å². The maximum atomic E-state index is 5.75. The summed E-state index contributed by atoms with van der Waals surface area (Å²) in [5.41, 5.74) is 2.34. The largest absolute Gasteiger partial charge is 0.493 e. The average Bonchev–Trinajstić information content (AvgIpc) is 2.84. The molecule has 0 unspecified atom stereocenters. The summed E-state index contributed by atoms with van der Waals surface area (Å²) >= 11 is 1.71. The Hall–Kier alpha value is -1.39. The lowest BCUT2D eigenvalue weighted by atomic mass is 10.2. The van der Waals surface area contributed by atoms with Gasteiger partial charge in [0.15, 0.2) is 0 Å². The second-order valence-corrected chi connectivity index (χ2v) is 6.13. The Bertz CT molecular complexity index is 537. The van der Waals surface area contributed by atoms with Crippen molar-refractivity contribution in [2.75, 3.05) is 6.61 Å². The molecule has 108 valence electrons. The van der Waals surface area contributed by atoms with E-state index in [1.807, 2.05) is 12.1 Å². The fourth-order valence-corrected chi connectivity index (χ4v) is 2.59. The Morgan fingerprint density at radius 3 is 2.95 bits per heavy atom. The molecule has 0 aliphatic rings. The number of benzene rings is 1. The van der Waals surface area contributed by atoms with E-state index in [0.29, 0.717) is 12.6 Å². The molecule has 0 saturated heterocycles. The molecule has 0 saturated carbocycles. The first-order valence-electron chi connectivity index (χ1n) is 6.99. The zero-order chi connectivity index (χ0) is 14.4. The van der Waals surface area contributed by atoms with Crippen LogP contribution in [0.4, 0.5) is 0 Å². The number of hydrogen-bond donors (Lipinski definition) is 1. The first kappa shape index (κ1) is 15.0. The van der Waals surface area contributed by atoms with Crippen LogP contribution >= 0.6 is 11.3 Å². The zero-order valence-electron chi connectivity index (χ0n) is 12.3. The molecule has 0 spiro atoms. The molecule has 0 aliphatic heterocycles. The molecule has 1 heterocycles. The molecule has 0 amide bonds. The Labute approximate surface area is 125 Å². The number of aryl methyl sites for hydroxylation is 1. The normalized spacial score (nSPS) is 11.0. The Balaban J connectivity index is 1.77. The van der Waals surface area contributed by atoms with Crippen LogP contribution in [0.25, 0.3) is 0 Å². The van der Waals surface area contributed by atoms with E-state index in [0.717, 1.165) is 29.4 Å². The molecule has 1 N–H and O–H groups in total. The molecule has 2 rings (SSSR count). The number of thiazole rings is 1. The van der Waals surface area contributed by atoms with Gasteiger partial charge in [0.1, 0.15) is 5.75 Å². The van der Waals surface area contributed by atoms with Gasteiger partial charge in [0, 0.05) is 24.4 Å². The predicted molar refractivity (Wildman–Crippen MR) is 84.5 cm³/mol. The molecule has 4 heteroatoms. The van der Waals surface area contributed by atoms with Crippen molar-refractivity contribution in [3.63, 3.8) is 0 Å². The molecular formula is C16H22N2OS. The third kappa shape index (κ3) is 4.94. The highest BCUT2D eigenvalue weighted by atomic mass is 32.1. The summed E-state index contributed by atoms with van der Waals surface area (Å²) in [4.78, 5) is 4.61. The summed E-state index contributed by atoms with van der Waals surface area (Å²) in [5, 5.41) is 6.64. The van der Waals surface area contributed by atoms with Crippen LogP contribution in [0.2, 0.25) is 0 Å². The molecule has 0 aliphatic carbocycles. The fourth-order valence-electron chi connectivity index (χ4n) is 1.81. The Morgan fingerprint density at radius 1 is 1.35 bits per heavy atom. The van der Waals surface area contributed by atoms with Gasteiger partial charge in [0.25, 0.3) is 0 Å². The van der Waals surface area contributed by atoms with Crippen molar-refractivity contribution >= 4 is 11.3 Å². The SMILES string of the molecule is Cc1cccc(OCCc2nc(CNC(C)C)cs2)c1. The first-order chi connectivity index (χ1) is 9.63. The fraction of sp³-hybridized carbons (Fsp3) is 0.438. The van der Waals surface area contributed by atoms with Crippen LogP contribution in [-0.4, -0.2) is 17.6 Å². The van der Waals surface area contributed by atoms with Crippen molar-refractivity contribution < 1.29 is 4.74 Å². The van der Waals surface area contributed by atoms with E-state index >= 15 is 0 Å². The van der Waals surface area contributed by atoms with Crippen molar-refractivity contribution in [1.29, 1.82) is 0 Å². The highest BCUT2D eigenvalue weighted by molar-refractivity contribution is 7.09. The second-order valence-electron chi connectivity index (χ2n) is 5.18. The van der Waals surface area contributed by atoms with Crippen molar-refractivity contribution in [3.05, 3.63) is 45.9 Å². The molecule has 1 aromatic carbocycles. The summed E-state index contributed by atoms with van der Waals surface area (Å²) in [6.07, 6.45) is 0.861. The topological polar surface area (TPSA) is 34.1 Å². The van der Waals surface area contributed by atoms with Crippen molar-refractivity contribution in [2.45, 2.75) is 39.8 Å². The van der Waals surface area contributed by atoms with E-state index in [9.17, 15) is 0 Å². The maximum absolute atomic E-state index is 5.75. The number of nitrogens with one attached hydrogen (secondary N) is 1. The molecular weight excluding hydrogens is 268 g/mol. The monoisotopic (exact) mass is 290 g/mol. The van der Waals surface area contributed by atoms with Crippen LogP contribution in [0.3, 0.4) is 0 Å². The maximum Gasteiger partial charge on any atom is 0.119 e. The number of rotatable bonds is 7. The van der Waals surface area contributed by atoms with Crippen molar-refractivity contribution in [2.24, 2.45) is 0 Å². The third-order valence-corrected chi connectivity index (χ3v) is 3.82. The number of hydrogen-bond acceptors (Lipinski definition) is 4. The predicted octanol–water partition coefficient (Wildman–Crippen LogP) is 3.57. The van der Waals surface area contributed by atoms with Gasteiger partial charge >= 0.3 is 0 Å². The van der Waals surface area contributed by atoms with Gasteiger partial charge in [-0.05, 0) is 24.6 Å². The summed E-state index contributed by atoms with van der Waals surface area (Å²) in [7, 11) is 0. The van der Waals surface area contributed by atoms with Gasteiger partial charge in [-0.2, -0.15) is 0 Å². The van der Waals surface area contributed by atoms with E-state index in [1.54, 1.807) is 11.3 Å². The van der Waals surface area contributed by atoms with Crippen molar-refractivity contribution in [3.8, 4) is 5.75 Å². The first-order valence-corrected chi connectivity index (χ1v) is 7.87. The average molecular weight is 290 g/mol. The summed E-state index contributed by atoms with van der Waals surface area (Å²) in [5.74, 6) is 0.934. The lowest BCUT2D eigenvalue weighted by molar-refractivity contribution is 0.321. The second kappa shape index (κ2) is 7.41. The molecule has 20 heavy (non-hydrogen) atoms. The van der Waals surface area contributed by atoms with Gasteiger partial charge < -0.3 is 10.1 Å². The van der Waals surface area contributed by atoms with Crippen LogP contribution in [0.15, 0.2) is 29.6 Å². The van der Waals surface area contributed by atoms with E-state index in [-0.39, 0.29) is 0 Å². The quantitative estimate of drug-likeness (QED) is 0.846. The van der Waals surface area contributed by atoms with Gasteiger partial charge in [-0.1, -0.05) is 26.0 Å². The van der Waals surface area contributed by atoms with Crippen LogP contribution < -0.4 is 10.1 Å². The number of aromatic nitrogens is 1. The van der Waals surface area contributed by atoms with Gasteiger partial charge in [-0.3, -0.25) is 0 Å². The van der Waals surface area contributed by atoms with Gasteiger partial charge in [0.2, 0.25) is 0 Å². The lowest BCUT2D eigenvalue weighted by Gasteiger charge is -2.06. The Morgan fingerprint density at radius 2 is 2.20 bits per heavy atom. The lowest BCUT2D eigenvalue weighted by Crippen LogP contribution is -2.21. The van der Waals surface area contributed by atoms with Gasteiger partial charge in [-0.15, -0.1) is 11.3 Å². The smallest absolute Gasteiger partial charge is 0.119 e. The summed E-state index contributed by atoms with van der Waals surface area (Å²) in [6, 6.07) is 8.63. The molecule has 2 aromatic rings. The van der Waals surface area contributed by atoms with Gasteiger partial charge in [0.05, 0.1) is 17.3 Å². The molecule has 0 radical (unpaired) electrons. The van der Waals surface area contributed by atoms with E-state index in [2.05, 4.69) is 48.6 Å². The minimum atomic E-state index is 0.491. The highest BCUT2D eigenvalue weighted by Gasteiger charge is 2.03.